The van der Waals surface area contributed by atoms with Crippen molar-refractivity contribution in [3.8, 4) is 23.3 Å². The average Bonchev–Trinajstić information content (AvgIpc) is 2.47. The van der Waals surface area contributed by atoms with Gasteiger partial charge in [-0.3, -0.25) is 0 Å². The van der Waals surface area contributed by atoms with Crippen LogP contribution < -0.4 is 9.47 Å². The maximum atomic E-state index is 8.62. The summed E-state index contributed by atoms with van der Waals surface area (Å²) in [5, 5.41) is 8.62. The lowest BCUT2D eigenvalue weighted by atomic mass is 10.2. The normalized spacial score (nSPS) is 9.37. The summed E-state index contributed by atoms with van der Waals surface area (Å²) in [7, 11) is 1.64. The standard InChI is InChI=1S/C16H14O3/c1-18-15-8-4-13(5-9-15)2-3-14-6-10-16(11-7-14)19-12-17/h4-11,17H,12H2,1H3. The summed E-state index contributed by atoms with van der Waals surface area (Å²) in [5.74, 6) is 7.57. The molecule has 0 amide bonds. The van der Waals surface area contributed by atoms with Crippen LogP contribution >= 0.6 is 0 Å². The molecule has 0 aliphatic rings. The Bertz CT molecular complexity index is 574. The van der Waals surface area contributed by atoms with Crippen molar-refractivity contribution in [2.75, 3.05) is 13.9 Å². The molecule has 0 radical (unpaired) electrons. The molecule has 0 unspecified atom stereocenters. The second-order valence-electron chi connectivity index (χ2n) is 3.78. The Morgan fingerprint density at radius 2 is 1.32 bits per heavy atom. The Morgan fingerprint density at radius 3 is 1.74 bits per heavy atom. The van der Waals surface area contributed by atoms with Gasteiger partial charge in [-0.05, 0) is 48.5 Å². The number of ether oxygens (including phenoxy) is 2. The summed E-state index contributed by atoms with van der Waals surface area (Å²) in [4.78, 5) is 0. The lowest BCUT2D eigenvalue weighted by molar-refractivity contribution is 0.0985. The first-order chi connectivity index (χ1) is 9.31. The van der Waals surface area contributed by atoms with Crippen molar-refractivity contribution < 1.29 is 14.6 Å². The lowest BCUT2D eigenvalue weighted by Gasteiger charge is -2.00. The van der Waals surface area contributed by atoms with Gasteiger partial charge in [-0.25, -0.2) is 0 Å². The molecule has 0 aliphatic carbocycles. The molecule has 2 rings (SSSR count). The lowest BCUT2D eigenvalue weighted by Crippen LogP contribution is -1.93. The van der Waals surface area contributed by atoms with Crippen LogP contribution in [0.1, 0.15) is 11.1 Å². The Labute approximate surface area is 112 Å². The van der Waals surface area contributed by atoms with Crippen LogP contribution in [0.5, 0.6) is 11.5 Å². The fraction of sp³-hybridized carbons (Fsp3) is 0.125. The summed E-state index contributed by atoms with van der Waals surface area (Å²) in [6.07, 6.45) is 0. The van der Waals surface area contributed by atoms with E-state index in [1.54, 1.807) is 19.2 Å². The fourth-order valence-electron chi connectivity index (χ4n) is 1.53. The van der Waals surface area contributed by atoms with E-state index in [2.05, 4.69) is 11.8 Å². The molecule has 2 aromatic carbocycles. The molecule has 0 atom stereocenters. The third-order valence-corrected chi connectivity index (χ3v) is 2.53. The second kappa shape index (κ2) is 6.48. The van der Waals surface area contributed by atoms with E-state index in [1.807, 2.05) is 36.4 Å². The summed E-state index contributed by atoms with van der Waals surface area (Å²) in [5.41, 5.74) is 1.82. The van der Waals surface area contributed by atoms with Crippen molar-refractivity contribution in [3.05, 3.63) is 59.7 Å². The van der Waals surface area contributed by atoms with E-state index in [9.17, 15) is 0 Å². The molecule has 1 N–H and O–H groups in total. The topological polar surface area (TPSA) is 38.7 Å². The molecule has 2 aromatic rings. The smallest absolute Gasteiger partial charge is 0.186 e. The van der Waals surface area contributed by atoms with Crippen LogP contribution in [0, 0.1) is 11.8 Å². The van der Waals surface area contributed by atoms with Crippen LogP contribution in [-0.4, -0.2) is 19.0 Å². The first-order valence-electron chi connectivity index (χ1n) is 5.81. The Hall–Kier alpha value is -2.44. The predicted octanol–water partition coefficient (Wildman–Crippen LogP) is 2.42. The van der Waals surface area contributed by atoms with E-state index < -0.39 is 0 Å². The van der Waals surface area contributed by atoms with Crippen LogP contribution in [0.4, 0.5) is 0 Å². The van der Waals surface area contributed by atoms with Crippen molar-refractivity contribution in [2.24, 2.45) is 0 Å². The Kier molecular flexibility index (Phi) is 4.44. The van der Waals surface area contributed by atoms with Gasteiger partial charge in [0.2, 0.25) is 0 Å². The number of methoxy groups -OCH3 is 1. The molecule has 19 heavy (non-hydrogen) atoms. The zero-order chi connectivity index (χ0) is 13.5. The highest BCUT2D eigenvalue weighted by molar-refractivity contribution is 5.45. The molecule has 3 heteroatoms. The molecule has 0 saturated heterocycles. The summed E-state index contributed by atoms with van der Waals surface area (Å²) >= 11 is 0. The van der Waals surface area contributed by atoms with Gasteiger partial charge in [-0.2, -0.15) is 0 Å². The van der Waals surface area contributed by atoms with Crippen molar-refractivity contribution in [2.45, 2.75) is 0 Å². The van der Waals surface area contributed by atoms with Gasteiger partial charge in [0.15, 0.2) is 6.79 Å². The van der Waals surface area contributed by atoms with Crippen molar-refractivity contribution in [3.63, 3.8) is 0 Å². The largest absolute Gasteiger partial charge is 0.497 e. The summed E-state index contributed by atoms with van der Waals surface area (Å²) in [6, 6.07) is 14.8. The van der Waals surface area contributed by atoms with E-state index in [4.69, 9.17) is 14.6 Å². The number of hydrogen-bond donors (Lipinski definition) is 1. The molecule has 0 saturated carbocycles. The minimum atomic E-state index is -0.323. The first-order valence-corrected chi connectivity index (χ1v) is 5.81. The Balaban J connectivity index is 2.09. The third kappa shape index (κ3) is 3.77. The maximum Gasteiger partial charge on any atom is 0.186 e. The summed E-state index contributed by atoms with van der Waals surface area (Å²) in [6.45, 7) is -0.323. The SMILES string of the molecule is COc1ccc(C#Cc2ccc(OCO)cc2)cc1. The van der Waals surface area contributed by atoms with Crippen LogP contribution in [0.2, 0.25) is 0 Å². The van der Waals surface area contributed by atoms with Gasteiger partial charge in [0.1, 0.15) is 11.5 Å². The zero-order valence-electron chi connectivity index (χ0n) is 10.6. The summed E-state index contributed by atoms with van der Waals surface area (Å²) < 4.78 is 10.0. The Morgan fingerprint density at radius 1 is 0.842 bits per heavy atom. The molecule has 0 spiro atoms. The van der Waals surface area contributed by atoms with Crippen LogP contribution in [-0.2, 0) is 0 Å². The molecule has 0 aliphatic heterocycles. The highest BCUT2D eigenvalue weighted by Crippen LogP contribution is 2.12. The highest BCUT2D eigenvalue weighted by atomic mass is 16.6. The molecule has 96 valence electrons. The second-order valence-corrected chi connectivity index (χ2v) is 3.78. The van der Waals surface area contributed by atoms with Crippen LogP contribution in [0.15, 0.2) is 48.5 Å². The number of benzene rings is 2. The van der Waals surface area contributed by atoms with E-state index in [-0.39, 0.29) is 6.79 Å². The predicted molar refractivity (Wildman–Crippen MR) is 73.1 cm³/mol. The number of hydrogen-bond acceptors (Lipinski definition) is 3. The van der Waals surface area contributed by atoms with E-state index in [0.29, 0.717) is 5.75 Å². The molecule has 0 heterocycles. The number of aliphatic hydroxyl groups excluding tert-OH is 1. The van der Waals surface area contributed by atoms with Gasteiger partial charge >= 0.3 is 0 Å². The van der Waals surface area contributed by atoms with Gasteiger partial charge in [-0.1, -0.05) is 11.8 Å². The van der Waals surface area contributed by atoms with E-state index in [1.165, 1.54) is 0 Å². The quantitative estimate of drug-likeness (QED) is 0.675. The van der Waals surface area contributed by atoms with Crippen molar-refractivity contribution >= 4 is 0 Å². The highest BCUT2D eigenvalue weighted by Gasteiger charge is 1.93. The van der Waals surface area contributed by atoms with Crippen molar-refractivity contribution in [1.29, 1.82) is 0 Å². The maximum absolute atomic E-state index is 8.62. The first kappa shape index (κ1) is 13.0. The number of aliphatic hydroxyl groups is 1. The zero-order valence-corrected chi connectivity index (χ0v) is 10.6. The van der Waals surface area contributed by atoms with Gasteiger partial charge < -0.3 is 14.6 Å². The van der Waals surface area contributed by atoms with Gasteiger partial charge in [-0.15, -0.1) is 0 Å². The molecular formula is C16H14O3. The molecule has 0 aromatic heterocycles. The molecule has 0 bridgehead atoms. The van der Waals surface area contributed by atoms with Gasteiger partial charge in [0.05, 0.1) is 7.11 Å². The minimum absolute atomic E-state index is 0.323. The van der Waals surface area contributed by atoms with E-state index >= 15 is 0 Å². The van der Waals surface area contributed by atoms with Gasteiger partial charge in [0.25, 0.3) is 0 Å². The third-order valence-electron chi connectivity index (χ3n) is 2.53. The molecular weight excluding hydrogens is 240 g/mol. The van der Waals surface area contributed by atoms with Crippen molar-refractivity contribution in [1.82, 2.24) is 0 Å². The monoisotopic (exact) mass is 254 g/mol. The number of rotatable bonds is 3. The molecule has 0 fully saturated rings. The molecule has 3 nitrogen and oxygen atoms in total. The van der Waals surface area contributed by atoms with Crippen LogP contribution in [0.25, 0.3) is 0 Å². The van der Waals surface area contributed by atoms with Crippen LogP contribution in [0.3, 0.4) is 0 Å². The minimum Gasteiger partial charge on any atom is -0.497 e. The fourth-order valence-corrected chi connectivity index (χ4v) is 1.53. The van der Waals surface area contributed by atoms with Gasteiger partial charge in [0, 0.05) is 11.1 Å². The average molecular weight is 254 g/mol. The van der Waals surface area contributed by atoms with E-state index in [0.717, 1.165) is 16.9 Å².